The molecule has 2 atom stereocenters. The molecule has 2 unspecified atom stereocenters. The minimum absolute atomic E-state index is 0.364. The molecule has 0 bridgehead atoms. The summed E-state index contributed by atoms with van der Waals surface area (Å²) in [6.07, 6.45) is 2.00. The molecule has 0 spiro atoms. The molecule has 6 heteroatoms. The lowest BCUT2D eigenvalue weighted by Crippen LogP contribution is -2.52. The minimum Gasteiger partial charge on any atom is -0.314 e. The molecular weight excluding hydrogens is 226 g/mol. The van der Waals surface area contributed by atoms with Gasteiger partial charge in [-0.2, -0.15) is 12.7 Å². The van der Waals surface area contributed by atoms with Gasteiger partial charge in [0.05, 0.1) is 0 Å². The molecule has 1 heterocycles. The Hall–Kier alpha value is -0.170. The van der Waals surface area contributed by atoms with Crippen LogP contribution in [0, 0.1) is 5.92 Å². The van der Waals surface area contributed by atoms with Crippen molar-refractivity contribution in [2.75, 3.05) is 26.7 Å². The van der Waals surface area contributed by atoms with Gasteiger partial charge in [0.1, 0.15) is 0 Å². The van der Waals surface area contributed by atoms with Crippen molar-refractivity contribution in [1.29, 1.82) is 0 Å². The molecule has 16 heavy (non-hydrogen) atoms. The van der Waals surface area contributed by atoms with E-state index in [1.54, 1.807) is 0 Å². The van der Waals surface area contributed by atoms with Crippen LogP contribution in [0.25, 0.3) is 0 Å². The van der Waals surface area contributed by atoms with E-state index in [-0.39, 0.29) is 0 Å². The van der Waals surface area contributed by atoms with Crippen LogP contribution in [0.3, 0.4) is 0 Å². The minimum atomic E-state index is -3.24. The summed E-state index contributed by atoms with van der Waals surface area (Å²) >= 11 is 0. The second-order valence-corrected chi connectivity index (χ2v) is 6.27. The summed E-state index contributed by atoms with van der Waals surface area (Å²) < 4.78 is 27.1. The van der Waals surface area contributed by atoms with Crippen molar-refractivity contribution in [2.24, 2.45) is 5.92 Å². The predicted molar refractivity (Wildman–Crippen MR) is 65.4 cm³/mol. The van der Waals surface area contributed by atoms with Crippen LogP contribution in [0.1, 0.15) is 26.7 Å². The number of nitrogens with one attached hydrogen (secondary N) is 2. The summed E-state index contributed by atoms with van der Waals surface area (Å²) in [5.74, 6) is 0.364. The Morgan fingerprint density at radius 2 is 2.12 bits per heavy atom. The second kappa shape index (κ2) is 5.95. The number of hydrogen-bond donors (Lipinski definition) is 2. The van der Waals surface area contributed by atoms with Gasteiger partial charge >= 0.3 is 0 Å². The molecule has 1 aliphatic rings. The lowest BCUT2D eigenvalue weighted by molar-refractivity contribution is 0.219. The van der Waals surface area contributed by atoms with Crippen LogP contribution in [-0.2, 0) is 10.2 Å². The fraction of sp³-hybridized carbons (Fsp3) is 1.00. The molecule has 0 aliphatic carbocycles. The Bertz CT molecular complexity index is 305. The van der Waals surface area contributed by atoms with Crippen molar-refractivity contribution < 1.29 is 8.42 Å². The second-order valence-electron chi connectivity index (χ2n) is 4.39. The SMILES string of the molecule is CCCNC1CCN(S(=O)(=O)NC)CC1C. The molecule has 0 radical (unpaired) electrons. The summed E-state index contributed by atoms with van der Waals surface area (Å²) in [7, 11) is -1.78. The molecule has 96 valence electrons. The zero-order chi connectivity index (χ0) is 12.2. The summed E-state index contributed by atoms with van der Waals surface area (Å²) in [5.41, 5.74) is 0. The highest BCUT2D eigenvalue weighted by molar-refractivity contribution is 7.87. The summed E-state index contributed by atoms with van der Waals surface area (Å²) in [4.78, 5) is 0. The number of rotatable bonds is 5. The lowest BCUT2D eigenvalue weighted by atomic mass is 9.95. The van der Waals surface area contributed by atoms with Gasteiger partial charge in [-0.05, 0) is 25.3 Å². The standard InChI is InChI=1S/C10H23N3O2S/c1-4-6-12-10-5-7-13(8-9(10)2)16(14,15)11-3/h9-12H,4-8H2,1-3H3. The molecule has 0 saturated carbocycles. The van der Waals surface area contributed by atoms with Gasteiger partial charge in [-0.15, -0.1) is 0 Å². The smallest absolute Gasteiger partial charge is 0.279 e. The zero-order valence-electron chi connectivity index (χ0n) is 10.4. The molecule has 1 rings (SSSR count). The molecule has 1 fully saturated rings. The van der Waals surface area contributed by atoms with E-state index in [0.717, 1.165) is 19.4 Å². The van der Waals surface area contributed by atoms with Gasteiger partial charge in [-0.3, -0.25) is 0 Å². The van der Waals surface area contributed by atoms with Crippen LogP contribution >= 0.6 is 0 Å². The fourth-order valence-electron chi connectivity index (χ4n) is 2.09. The maximum Gasteiger partial charge on any atom is 0.279 e. The Morgan fingerprint density at radius 1 is 1.44 bits per heavy atom. The first kappa shape index (κ1) is 13.9. The third-order valence-corrected chi connectivity index (χ3v) is 4.65. The Kier molecular flexibility index (Phi) is 5.17. The molecule has 0 aromatic heterocycles. The van der Waals surface area contributed by atoms with Crippen molar-refractivity contribution in [2.45, 2.75) is 32.7 Å². The van der Waals surface area contributed by atoms with Crippen molar-refractivity contribution in [3.63, 3.8) is 0 Å². The van der Waals surface area contributed by atoms with E-state index in [4.69, 9.17) is 0 Å². The zero-order valence-corrected chi connectivity index (χ0v) is 11.2. The van der Waals surface area contributed by atoms with Crippen molar-refractivity contribution in [3.05, 3.63) is 0 Å². The summed E-state index contributed by atoms with van der Waals surface area (Å²) in [6.45, 7) is 6.45. The van der Waals surface area contributed by atoms with E-state index in [0.29, 0.717) is 25.0 Å². The average Bonchev–Trinajstić information content (AvgIpc) is 2.27. The number of piperidine rings is 1. The van der Waals surface area contributed by atoms with Crippen LogP contribution in [0.2, 0.25) is 0 Å². The van der Waals surface area contributed by atoms with E-state index in [1.807, 2.05) is 0 Å². The highest BCUT2D eigenvalue weighted by atomic mass is 32.2. The first-order valence-corrected chi connectivity index (χ1v) is 7.37. The van der Waals surface area contributed by atoms with Gasteiger partial charge in [0.15, 0.2) is 0 Å². The fourth-order valence-corrected chi connectivity index (χ4v) is 3.12. The monoisotopic (exact) mass is 249 g/mol. The van der Waals surface area contributed by atoms with Gasteiger partial charge in [0.2, 0.25) is 0 Å². The van der Waals surface area contributed by atoms with Gasteiger partial charge in [0.25, 0.3) is 10.2 Å². The number of nitrogens with zero attached hydrogens (tertiary/aromatic N) is 1. The summed E-state index contributed by atoms with van der Waals surface area (Å²) in [6, 6.07) is 0.447. The maximum atomic E-state index is 11.6. The molecule has 0 amide bonds. The lowest BCUT2D eigenvalue weighted by Gasteiger charge is -2.36. The first-order chi connectivity index (χ1) is 7.51. The van der Waals surface area contributed by atoms with Gasteiger partial charge in [-0.25, -0.2) is 4.72 Å². The van der Waals surface area contributed by atoms with Crippen molar-refractivity contribution >= 4 is 10.2 Å². The van der Waals surface area contributed by atoms with E-state index >= 15 is 0 Å². The Morgan fingerprint density at radius 3 is 2.62 bits per heavy atom. The third kappa shape index (κ3) is 3.41. The molecule has 5 nitrogen and oxygen atoms in total. The maximum absolute atomic E-state index is 11.6. The first-order valence-electron chi connectivity index (χ1n) is 5.93. The molecule has 1 saturated heterocycles. The Labute approximate surface area is 98.8 Å². The van der Waals surface area contributed by atoms with Gasteiger partial charge < -0.3 is 5.32 Å². The quantitative estimate of drug-likeness (QED) is 0.730. The molecule has 0 aromatic rings. The largest absolute Gasteiger partial charge is 0.314 e. The average molecular weight is 249 g/mol. The normalized spacial score (nSPS) is 28.2. The molecule has 0 aromatic carbocycles. The molecule has 2 N–H and O–H groups in total. The van der Waals surface area contributed by atoms with E-state index in [1.165, 1.54) is 11.4 Å². The molecule has 1 aliphatic heterocycles. The summed E-state index contributed by atoms with van der Waals surface area (Å²) in [5, 5.41) is 3.47. The van der Waals surface area contributed by atoms with Crippen LogP contribution in [0.15, 0.2) is 0 Å². The van der Waals surface area contributed by atoms with Gasteiger partial charge in [0, 0.05) is 26.2 Å². The van der Waals surface area contributed by atoms with Crippen molar-refractivity contribution in [1.82, 2.24) is 14.3 Å². The van der Waals surface area contributed by atoms with Crippen LogP contribution in [0.5, 0.6) is 0 Å². The molecular formula is C10H23N3O2S. The topological polar surface area (TPSA) is 61.4 Å². The van der Waals surface area contributed by atoms with Crippen LogP contribution < -0.4 is 10.0 Å². The van der Waals surface area contributed by atoms with Gasteiger partial charge in [-0.1, -0.05) is 13.8 Å². The van der Waals surface area contributed by atoms with E-state index in [2.05, 4.69) is 23.9 Å². The van der Waals surface area contributed by atoms with E-state index < -0.39 is 10.2 Å². The van der Waals surface area contributed by atoms with Crippen molar-refractivity contribution in [3.8, 4) is 0 Å². The highest BCUT2D eigenvalue weighted by Gasteiger charge is 2.31. The highest BCUT2D eigenvalue weighted by Crippen LogP contribution is 2.18. The van der Waals surface area contributed by atoms with Crippen LogP contribution in [-0.4, -0.2) is 45.4 Å². The van der Waals surface area contributed by atoms with E-state index in [9.17, 15) is 8.42 Å². The van der Waals surface area contributed by atoms with Crippen LogP contribution in [0.4, 0.5) is 0 Å². The number of hydrogen-bond acceptors (Lipinski definition) is 3. The Balaban J connectivity index is 2.51. The predicted octanol–water partition coefficient (Wildman–Crippen LogP) is 0.161. The third-order valence-electron chi connectivity index (χ3n) is 3.12.